The van der Waals surface area contributed by atoms with E-state index < -0.39 is 27.5 Å². The molecule has 4 nitrogen and oxygen atoms in total. The summed E-state index contributed by atoms with van der Waals surface area (Å²) in [4.78, 5) is -0.341. The van der Waals surface area contributed by atoms with Crippen LogP contribution < -0.4 is 4.80 Å². The highest BCUT2D eigenvalue weighted by Gasteiger charge is 2.17. The molecule has 0 saturated carbocycles. The second-order valence-corrected chi connectivity index (χ2v) is 7.54. The summed E-state index contributed by atoms with van der Waals surface area (Å²) in [5, 5.41) is 0. The normalized spacial score (nSPS) is 12.5. The average Bonchev–Trinajstić information content (AvgIpc) is 2.85. The zero-order valence-electron chi connectivity index (χ0n) is 12.4. The predicted octanol–water partition coefficient (Wildman–Crippen LogP) is 3.04. The number of halogens is 3. The van der Waals surface area contributed by atoms with E-state index in [2.05, 4.69) is 10.3 Å². The first-order valence-electron chi connectivity index (χ1n) is 6.80. The summed E-state index contributed by atoms with van der Waals surface area (Å²) >= 11 is 0.784. The van der Waals surface area contributed by atoms with Crippen molar-refractivity contribution in [3.63, 3.8) is 0 Å². The third-order valence-electron chi connectivity index (χ3n) is 3.25. The quantitative estimate of drug-likeness (QED) is 0.654. The minimum absolute atomic E-state index is 0.0302. The van der Waals surface area contributed by atoms with Crippen molar-refractivity contribution in [1.82, 2.24) is 4.57 Å². The van der Waals surface area contributed by atoms with E-state index in [0.29, 0.717) is 6.07 Å². The number of benzene rings is 2. The van der Waals surface area contributed by atoms with Gasteiger partial charge in [0.15, 0.2) is 5.82 Å². The maximum atomic E-state index is 14.1. The topological polar surface area (TPSA) is 51.4 Å². The fraction of sp³-hybridized carbons (Fsp3) is 0.0625. The van der Waals surface area contributed by atoms with Crippen LogP contribution in [0.3, 0.4) is 0 Å². The summed E-state index contributed by atoms with van der Waals surface area (Å²) < 4.78 is 70.2. The molecule has 128 valence electrons. The van der Waals surface area contributed by atoms with E-state index in [1.54, 1.807) is 0 Å². The van der Waals surface area contributed by atoms with Crippen LogP contribution in [0.15, 0.2) is 45.7 Å². The van der Waals surface area contributed by atoms with Crippen LogP contribution in [0.25, 0.3) is 10.2 Å². The molecule has 0 spiro atoms. The molecule has 0 unspecified atom stereocenters. The standard InChI is InChI=1S/C16H9F3N2O2S2/c1-2-7-21-15-13(19)8-11(18)9-14(15)24-16(21)20-25(22,23)12-5-3-10(17)4-6-12/h1,3-6,8-9H,7H2. The Bertz CT molecular complexity index is 1170. The molecule has 0 fully saturated rings. The van der Waals surface area contributed by atoms with Crippen LogP contribution in [0.4, 0.5) is 13.2 Å². The number of aromatic nitrogens is 1. The molecule has 0 aliphatic heterocycles. The summed E-state index contributed by atoms with van der Waals surface area (Å²) in [6.07, 6.45) is 5.26. The number of sulfonamides is 1. The minimum Gasteiger partial charge on any atom is -0.302 e. The van der Waals surface area contributed by atoms with Gasteiger partial charge in [-0.1, -0.05) is 17.3 Å². The number of terminal acetylenes is 1. The van der Waals surface area contributed by atoms with Crippen molar-refractivity contribution in [2.24, 2.45) is 4.40 Å². The van der Waals surface area contributed by atoms with Crippen LogP contribution >= 0.6 is 11.3 Å². The largest absolute Gasteiger partial charge is 0.302 e. The van der Waals surface area contributed by atoms with Crippen LogP contribution in [0.1, 0.15) is 0 Å². The lowest BCUT2D eigenvalue weighted by Crippen LogP contribution is -2.17. The zero-order chi connectivity index (χ0) is 18.2. The molecular formula is C16H9F3N2O2S2. The molecule has 2 aromatic carbocycles. The zero-order valence-corrected chi connectivity index (χ0v) is 14.0. The lowest BCUT2D eigenvalue weighted by molar-refractivity contribution is 0.585. The Balaban J connectivity index is 2.29. The Morgan fingerprint density at radius 1 is 1.12 bits per heavy atom. The van der Waals surface area contributed by atoms with E-state index in [-0.39, 0.29) is 26.5 Å². The van der Waals surface area contributed by atoms with Crippen molar-refractivity contribution < 1.29 is 21.6 Å². The molecule has 0 bridgehead atoms. The highest BCUT2D eigenvalue weighted by Crippen LogP contribution is 2.23. The van der Waals surface area contributed by atoms with Crippen LogP contribution in [0.2, 0.25) is 0 Å². The molecule has 0 aliphatic rings. The Hall–Kier alpha value is -2.57. The van der Waals surface area contributed by atoms with Gasteiger partial charge in [0.25, 0.3) is 10.0 Å². The van der Waals surface area contributed by atoms with Gasteiger partial charge in [0.05, 0.1) is 21.7 Å². The van der Waals surface area contributed by atoms with Crippen molar-refractivity contribution in [2.75, 3.05) is 0 Å². The maximum Gasteiger partial charge on any atom is 0.285 e. The number of rotatable bonds is 3. The smallest absolute Gasteiger partial charge is 0.285 e. The van der Waals surface area contributed by atoms with Crippen molar-refractivity contribution in [3.05, 3.63) is 58.7 Å². The van der Waals surface area contributed by atoms with Crippen molar-refractivity contribution in [1.29, 1.82) is 0 Å². The van der Waals surface area contributed by atoms with Gasteiger partial charge < -0.3 is 4.57 Å². The van der Waals surface area contributed by atoms with E-state index >= 15 is 0 Å². The van der Waals surface area contributed by atoms with Crippen LogP contribution in [0, 0.1) is 29.8 Å². The van der Waals surface area contributed by atoms with E-state index in [1.807, 2.05) is 0 Å². The SMILES string of the molecule is C#CCn1c(=NS(=O)(=O)c2ccc(F)cc2)sc2cc(F)cc(F)c21. The third kappa shape index (κ3) is 3.31. The average molecular weight is 382 g/mol. The number of hydrogen-bond donors (Lipinski definition) is 0. The van der Waals surface area contributed by atoms with E-state index in [4.69, 9.17) is 6.42 Å². The first-order valence-corrected chi connectivity index (χ1v) is 9.06. The second kappa shape index (κ2) is 6.38. The number of fused-ring (bicyclic) bond motifs is 1. The summed E-state index contributed by atoms with van der Waals surface area (Å²) in [7, 11) is -4.18. The van der Waals surface area contributed by atoms with Gasteiger partial charge in [0, 0.05) is 6.07 Å². The fourth-order valence-corrected chi connectivity index (χ4v) is 4.47. The van der Waals surface area contributed by atoms with E-state index in [1.165, 1.54) is 4.57 Å². The van der Waals surface area contributed by atoms with E-state index in [9.17, 15) is 21.6 Å². The number of hydrogen-bond acceptors (Lipinski definition) is 3. The minimum atomic E-state index is -4.18. The number of nitrogens with zero attached hydrogens (tertiary/aromatic N) is 2. The molecule has 3 aromatic rings. The van der Waals surface area contributed by atoms with Gasteiger partial charge in [-0.15, -0.1) is 10.8 Å². The van der Waals surface area contributed by atoms with Crippen LogP contribution in [-0.2, 0) is 16.6 Å². The molecule has 0 radical (unpaired) electrons. The first-order chi connectivity index (χ1) is 11.8. The lowest BCUT2D eigenvalue weighted by Gasteiger charge is -2.02. The summed E-state index contributed by atoms with van der Waals surface area (Å²) in [5.41, 5.74) is -0.0302. The molecule has 0 amide bonds. The summed E-state index contributed by atoms with van der Waals surface area (Å²) in [6.45, 7) is -0.152. The van der Waals surface area contributed by atoms with E-state index in [0.717, 1.165) is 41.7 Å². The van der Waals surface area contributed by atoms with Gasteiger partial charge in [0.1, 0.15) is 11.6 Å². The van der Waals surface area contributed by atoms with Gasteiger partial charge in [0.2, 0.25) is 4.80 Å². The molecule has 0 atom stereocenters. The van der Waals surface area contributed by atoms with Gasteiger partial charge in [-0.2, -0.15) is 8.42 Å². The Labute approximate surface area is 144 Å². The highest BCUT2D eigenvalue weighted by molar-refractivity contribution is 7.90. The summed E-state index contributed by atoms with van der Waals surface area (Å²) in [6, 6.07) is 5.84. The van der Waals surface area contributed by atoms with Crippen LogP contribution in [0.5, 0.6) is 0 Å². The first kappa shape index (κ1) is 17.3. The molecule has 1 heterocycles. The van der Waals surface area contributed by atoms with Gasteiger partial charge in [-0.3, -0.25) is 0 Å². The van der Waals surface area contributed by atoms with Crippen molar-refractivity contribution >= 4 is 31.6 Å². The molecule has 1 aromatic heterocycles. The highest BCUT2D eigenvalue weighted by atomic mass is 32.2. The molecule has 25 heavy (non-hydrogen) atoms. The molecule has 0 N–H and O–H groups in total. The number of thiazole rings is 1. The molecule has 3 rings (SSSR count). The summed E-state index contributed by atoms with van der Waals surface area (Å²) in [5.74, 6) is 0.0137. The Morgan fingerprint density at radius 3 is 2.44 bits per heavy atom. The maximum absolute atomic E-state index is 14.1. The second-order valence-electron chi connectivity index (χ2n) is 4.93. The van der Waals surface area contributed by atoms with Gasteiger partial charge >= 0.3 is 0 Å². The molecular weight excluding hydrogens is 373 g/mol. The van der Waals surface area contributed by atoms with Crippen LogP contribution in [-0.4, -0.2) is 13.0 Å². The monoisotopic (exact) mass is 382 g/mol. The fourth-order valence-electron chi connectivity index (χ4n) is 2.20. The lowest BCUT2D eigenvalue weighted by atomic mass is 10.3. The predicted molar refractivity (Wildman–Crippen MR) is 87.7 cm³/mol. The van der Waals surface area contributed by atoms with Gasteiger partial charge in [-0.25, -0.2) is 13.2 Å². The molecule has 0 aliphatic carbocycles. The van der Waals surface area contributed by atoms with Crippen molar-refractivity contribution in [3.8, 4) is 12.3 Å². The Kier molecular flexibility index (Phi) is 4.41. The Morgan fingerprint density at radius 2 is 1.80 bits per heavy atom. The molecule has 9 heteroatoms. The molecule has 0 saturated heterocycles. The van der Waals surface area contributed by atoms with Crippen molar-refractivity contribution in [2.45, 2.75) is 11.4 Å². The van der Waals surface area contributed by atoms with Gasteiger partial charge in [-0.05, 0) is 30.3 Å². The third-order valence-corrected chi connectivity index (χ3v) is 5.68.